The van der Waals surface area contributed by atoms with Gasteiger partial charge < -0.3 is 10.2 Å². The van der Waals surface area contributed by atoms with Gasteiger partial charge in [0.05, 0.1) is 0 Å². The standard InChI is InChI=1S/C16H20N4O2/c1-11-5-7-20-14(8-11)18-9-13(16(20)22)15(21)19-6-3-4-12(10-19)17-2/h5,7-9,12,17H,3-4,6,10H2,1-2H3/t12-/m1/s1. The highest BCUT2D eigenvalue weighted by molar-refractivity contribution is 5.93. The van der Waals surface area contributed by atoms with E-state index in [0.717, 1.165) is 18.4 Å². The van der Waals surface area contributed by atoms with Gasteiger partial charge in [-0.3, -0.25) is 14.0 Å². The smallest absolute Gasteiger partial charge is 0.270 e. The Balaban J connectivity index is 1.96. The molecule has 0 bridgehead atoms. The van der Waals surface area contributed by atoms with E-state index in [2.05, 4.69) is 10.3 Å². The number of fused-ring (bicyclic) bond motifs is 1. The van der Waals surface area contributed by atoms with E-state index in [9.17, 15) is 9.59 Å². The molecule has 6 heteroatoms. The number of piperidine rings is 1. The first-order chi connectivity index (χ1) is 10.6. The average Bonchev–Trinajstić information content (AvgIpc) is 2.54. The number of nitrogens with zero attached hydrogens (tertiary/aromatic N) is 3. The minimum absolute atomic E-state index is 0.137. The van der Waals surface area contributed by atoms with Crippen molar-refractivity contribution in [1.29, 1.82) is 0 Å². The summed E-state index contributed by atoms with van der Waals surface area (Å²) >= 11 is 0. The third-order valence-electron chi connectivity index (χ3n) is 4.21. The Morgan fingerprint density at radius 3 is 3.05 bits per heavy atom. The first kappa shape index (κ1) is 14.7. The zero-order chi connectivity index (χ0) is 15.7. The van der Waals surface area contributed by atoms with Crippen LogP contribution in [0, 0.1) is 6.92 Å². The van der Waals surface area contributed by atoms with Gasteiger partial charge >= 0.3 is 0 Å². The number of carbonyl (C=O) groups is 1. The maximum atomic E-state index is 12.6. The summed E-state index contributed by atoms with van der Waals surface area (Å²) in [5.74, 6) is -0.229. The van der Waals surface area contributed by atoms with Crippen molar-refractivity contribution >= 4 is 11.6 Å². The van der Waals surface area contributed by atoms with Gasteiger partial charge in [0, 0.05) is 31.5 Å². The second-order valence-corrected chi connectivity index (χ2v) is 5.79. The fourth-order valence-corrected chi connectivity index (χ4v) is 2.89. The molecule has 1 atom stereocenters. The van der Waals surface area contributed by atoms with E-state index in [1.807, 2.05) is 26.1 Å². The van der Waals surface area contributed by atoms with Gasteiger partial charge in [0.2, 0.25) is 0 Å². The molecule has 3 heterocycles. The maximum absolute atomic E-state index is 12.6. The topological polar surface area (TPSA) is 66.7 Å². The summed E-state index contributed by atoms with van der Waals surface area (Å²) in [6.07, 6.45) is 5.07. The molecule has 3 rings (SSSR count). The molecule has 1 aliphatic heterocycles. The molecule has 1 N–H and O–H groups in total. The van der Waals surface area contributed by atoms with Gasteiger partial charge in [-0.1, -0.05) is 0 Å². The highest BCUT2D eigenvalue weighted by Crippen LogP contribution is 2.12. The van der Waals surface area contributed by atoms with Crippen LogP contribution in [0.1, 0.15) is 28.8 Å². The van der Waals surface area contributed by atoms with E-state index in [1.165, 1.54) is 10.6 Å². The van der Waals surface area contributed by atoms with Gasteiger partial charge in [-0.15, -0.1) is 0 Å². The molecule has 1 aliphatic rings. The molecule has 1 amide bonds. The molecule has 0 radical (unpaired) electrons. The lowest BCUT2D eigenvalue weighted by Gasteiger charge is -2.32. The summed E-state index contributed by atoms with van der Waals surface area (Å²) in [7, 11) is 1.90. The number of hydrogen-bond donors (Lipinski definition) is 1. The Morgan fingerprint density at radius 2 is 2.27 bits per heavy atom. The Kier molecular flexibility index (Phi) is 3.94. The predicted octanol–water partition coefficient (Wildman–Crippen LogP) is 0.827. The lowest BCUT2D eigenvalue weighted by Crippen LogP contribution is -2.48. The van der Waals surface area contributed by atoms with E-state index in [0.29, 0.717) is 18.7 Å². The van der Waals surface area contributed by atoms with Gasteiger partial charge in [-0.05, 0) is 44.5 Å². The molecule has 1 fully saturated rings. The Labute approximate surface area is 128 Å². The van der Waals surface area contributed by atoms with Crippen LogP contribution >= 0.6 is 0 Å². The van der Waals surface area contributed by atoms with E-state index in [4.69, 9.17) is 0 Å². The van der Waals surface area contributed by atoms with Gasteiger partial charge in [-0.2, -0.15) is 0 Å². The van der Waals surface area contributed by atoms with Gasteiger partial charge in [0.15, 0.2) is 0 Å². The second-order valence-electron chi connectivity index (χ2n) is 5.79. The number of nitrogens with one attached hydrogen (secondary N) is 1. The molecular formula is C16H20N4O2. The van der Waals surface area contributed by atoms with Crippen molar-refractivity contribution in [2.45, 2.75) is 25.8 Å². The summed E-state index contributed by atoms with van der Waals surface area (Å²) in [5, 5.41) is 3.20. The quantitative estimate of drug-likeness (QED) is 0.892. The van der Waals surface area contributed by atoms with Crippen LogP contribution in [0.5, 0.6) is 0 Å². The minimum atomic E-state index is -0.304. The number of likely N-dealkylation sites (N-methyl/N-ethyl adjacent to an activating group) is 1. The zero-order valence-corrected chi connectivity index (χ0v) is 12.9. The van der Waals surface area contributed by atoms with Gasteiger partial charge in [0.1, 0.15) is 11.2 Å². The zero-order valence-electron chi connectivity index (χ0n) is 12.9. The van der Waals surface area contributed by atoms with E-state index < -0.39 is 0 Å². The van der Waals surface area contributed by atoms with E-state index in [1.54, 1.807) is 11.1 Å². The lowest BCUT2D eigenvalue weighted by molar-refractivity contribution is 0.0695. The molecule has 1 saturated heterocycles. The second kappa shape index (κ2) is 5.88. The molecule has 0 spiro atoms. The lowest BCUT2D eigenvalue weighted by atomic mass is 10.1. The molecule has 2 aromatic rings. The molecule has 6 nitrogen and oxygen atoms in total. The number of aryl methyl sites for hydroxylation is 1. The van der Waals surface area contributed by atoms with Crippen molar-refractivity contribution < 1.29 is 4.79 Å². The van der Waals surface area contributed by atoms with Crippen LogP contribution in [-0.2, 0) is 0 Å². The molecule has 0 aromatic carbocycles. The van der Waals surface area contributed by atoms with Crippen LogP contribution < -0.4 is 10.9 Å². The summed E-state index contributed by atoms with van der Waals surface area (Å²) in [6, 6.07) is 3.95. The van der Waals surface area contributed by atoms with Crippen molar-refractivity contribution in [3.63, 3.8) is 0 Å². The van der Waals surface area contributed by atoms with Crippen LogP contribution in [0.3, 0.4) is 0 Å². The van der Waals surface area contributed by atoms with Crippen molar-refractivity contribution in [2.24, 2.45) is 0 Å². The van der Waals surface area contributed by atoms with Crippen molar-refractivity contribution in [2.75, 3.05) is 20.1 Å². The van der Waals surface area contributed by atoms with Crippen LogP contribution in [0.25, 0.3) is 5.65 Å². The number of rotatable bonds is 2. The first-order valence-corrected chi connectivity index (χ1v) is 7.54. The molecule has 0 saturated carbocycles. The normalized spacial score (nSPS) is 18.6. The fourth-order valence-electron chi connectivity index (χ4n) is 2.89. The highest BCUT2D eigenvalue weighted by Gasteiger charge is 2.25. The molecule has 0 unspecified atom stereocenters. The summed E-state index contributed by atoms with van der Waals surface area (Å²) < 4.78 is 1.43. The number of likely N-dealkylation sites (tertiary alicyclic amines) is 1. The largest absolute Gasteiger partial charge is 0.337 e. The highest BCUT2D eigenvalue weighted by atomic mass is 16.2. The van der Waals surface area contributed by atoms with Gasteiger partial charge in [0.25, 0.3) is 11.5 Å². The minimum Gasteiger partial charge on any atom is -0.337 e. The predicted molar refractivity (Wildman–Crippen MR) is 84.2 cm³/mol. The molecule has 2 aromatic heterocycles. The molecule has 116 valence electrons. The average molecular weight is 300 g/mol. The summed E-state index contributed by atoms with van der Waals surface area (Å²) in [4.78, 5) is 31.2. The number of hydrogen-bond acceptors (Lipinski definition) is 4. The van der Waals surface area contributed by atoms with Crippen LogP contribution in [-0.4, -0.2) is 46.4 Å². The van der Waals surface area contributed by atoms with E-state index in [-0.39, 0.29) is 23.1 Å². The third-order valence-corrected chi connectivity index (χ3v) is 4.21. The molecular weight excluding hydrogens is 280 g/mol. The Hall–Kier alpha value is -2.21. The van der Waals surface area contributed by atoms with Crippen LogP contribution in [0.2, 0.25) is 0 Å². The number of pyridine rings is 1. The van der Waals surface area contributed by atoms with Crippen LogP contribution in [0.4, 0.5) is 0 Å². The van der Waals surface area contributed by atoms with Crippen molar-refractivity contribution in [3.05, 3.63) is 46.0 Å². The van der Waals surface area contributed by atoms with Crippen molar-refractivity contribution in [1.82, 2.24) is 19.6 Å². The van der Waals surface area contributed by atoms with Gasteiger partial charge in [-0.25, -0.2) is 4.98 Å². The summed E-state index contributed by atoms with van der Waals surface area (Å²) in [5.41, 5.74) is 1.42. The molecule has 0 aliphatic carbocycles. The first-order valence-electron chi connectivity index (χ1n) is 7.54. The molecule has 22 heavy (non-hydrogen) atoms. The number of aromatic nitrogens is 2. The summed E-state index contributed by atoms with van der Waals surface area (Å²) in [6.45, 7) is 3.26. The monoisotopic (exact) mass is 300 g/mol. The van der Waals surface area contributed by atoms with Crippen LogP contribution in [0.15, 0.2) is 29.3 Å². The fraction of sp³-hybridized carbons (Fsp3) is 0.438. The number of carbonyl (C=O) groups excluding carboxylic acids is 1. The van der Waals surface area contributed by atoms with E-state index >= 15 is 0 Å². The third kappa shape index (κ3) is 2.62. The maximum Gasteiger partial charge on any atom is 0.270 e. The SMILES string of the molecule is CN[C@@H]1CCCN(C(=O)c2cnc3cc(C)ccn3c2=O)C1. The Bertz CT molecular complexity index is 768. The number of amides is 1. The Morgan fingerprint density at radius 1 is 1.45 bits per heavy atom. The van der Waals surface area contributed by atoms with Crippen molar-refractivity contribution in [3.8, 4) is 0 Å².